The molecule has 1 rings (SSSR count). The zero-order chi connectivity index (χ0) is 32.6. The molecule has 0 aromatic rings. The Labute approximate surface area is 255 Å². The summed E-state index contributed by atoms with van der Waals surface area (Å²) in [5.41, 5.74) is 5.26. The maximum absolute atomic E-state index is 14.0. The first-order chi connectivity index (χ1) is 19.1. The molecule has 1 aliphatic carbocycles. The van der Waals surface area contributed by atoms with Gasteiger partial charge in [-0.3, -0.25) is 19.2 Å². The first kappa shape index (κ1) is 37.9. The third kappa shape index (κ3) is 13.0. The molecule has 0 aromatic heterocycles. The Bertz CT molecular complexity index is 926. The lowest BCUT2D eigenvalue weighted by Crippen LogP contribution is -2.49. The highest BCUT2D eigenvalue weighted by Gasteiger charge is 2.45. The maximum Gasteiger partial charge on any atom is 0.306 e. The van der Waals surface area contributed by atoms with Crippen molar-refractivity contribution in [2.75, 3.05) is 27.2 Å². The summed E-state index contributed by atoms with van der Waals surface area (Å²) in [5.74, 6) is -3.26. The predicted molar refractivity (Wildman–Crippen MR) is 168 cm³/mol. The van der Waals surface area contributed by atoms with Gasteiger partial charge >= 0.3 is 5.97 Å². The maximum atomic E-state index is 14.0. The second-order valence-corrected chi connectivity index (χ2v) is 15.8. The fourth-order valence-corrected chi connectivity index (χ4v) is 7.59. The molecule has 1 saturated carbocycles. The number of hydrogen-bond acceptors (Lipinski definition) is 4. The van der Waals surface area contributed by atoms with Crippen LogP contribution in [0.4, 0.5) is 0 Å². The molecule has 0 aliphatic heterocycles. The molecule has 0 radical (unpaired) electrons. The number of nitrogens with zero attached hydrogens (tertiary/aromatic N) is 1. The highest BCUT2D eigenvalue weighted by Crippen LogP contribution is 2.44. The number of carbonyl (C=O) groups excluding carboxylic acids is 3. The molecule has 1 fully saturated rings. The van der Waals surface area contributed by atoms with Gasteiger partial charge in [0.25, 0.3) is 0 Å². The van der Waals surface area contributed by atoms with Crippen LogP contribution in [0.3, 0.4) is 0 Å². The molecule has 3 amide bonds. The number of carbonyl (C=O) groups is 4. The van der Waals surface area contributed by atoms with Crippen LogP contribution >= 0.6 is 0 Å². The van der Waals surface area contributed by atoms with E-state index in [0.29, 0.717) is 32.1 Å². The lowest BCUT2D eigenvalue weighted by molar-refractivity contribution is -0.891. The average molecular weight is 596 g/mol. The number of nitrogens with two attached hydrogens (primary N) is 1. The minimum absolute atomic E-state index is 0.00933. The third-order valence-corrected chi connectivity index (χ3v) is 9.17. The van der Waals surface area contributed by atoms with Crippen LogP contribution < -0.4 is 16.4 Å². The molecule has 244 valence electrons. The minimum Gasteiger partial charge on any atom is -0.481 e. The van der Waals surface area contributed by atoms with E-state index in [1.807, 2.05) is 6.92 Å². The quantitative estimate of drug-likeness (QED) is 0.182. The number of hydrogen-bond donors (Lipinski definition) is 4. The Kier molecular flexibility index (Phi) is 14.0. The fourth-order valence-electron chi connectivity index (χ4n) is 7.59. The van der Waals surface area contributed by atoms with E-state index in [9.17, 15) is 24.3 Å². The molecule has 9 heteroatoms. The van der Waals surface area contributed by atoms with Crippen LogP contribution in [0.5, 0.6) is 0 Å². The number of aliphatic carboxylic acids is 1. The summed E-state index contributed by atoms with van der Waals surface area (Å²) >= 11 is 0. The summed E-state index contributed by atoms with van der Waals surface area (Å²) in [6, 6.07) is -0.165. The Morgan fingerprint density at radius 2 is 1.60 bits per heavy atom. The Balaban J connectivity index is 3.41. The summed E-state index contributed by atoms with van der Waals surface area (Å²) in [7, 11) is 4.40. The van der Waals surface area contributed by atoms with Crippen LogP contribution in [0, 0.1) is 40.9 Å². The van der Waals surface area contributed by atoms with Crippen molar-refractivity contribution in [2.45, 2.75) is 119 Å². The third-order valence-electron chi connectivity index (χ3n) is 9.17. The van der Waals surface area contributed by atoms with Crippen LogP contribution in [-0.4, -0.2) is 72.0 Å². The minimum atomic E-state index is -0.948. The fraction of sp³-hybridized carbons (Fsp3) is 0.879. The van der Waals surface area contributed by atoms with E-state index in [1.165, 1.54) is 6.92 Å². The highest BCUT2D eigenvalue weighted by molar-refractivity contribution is 5.80. The van der Waals surface area contributed by atoms with E-state index in [0.717, 1.165) is 24.0 Å². The summed E-state index contributed by atoms with van der Waals surface area (Å²) in [5, 5.41) is 16.7. The topological polar surface area (TPSA) is 139 Å². The predicted octanol–water partition coefficient (Wildman–Crippen LogP) is 4.58. The summed E-state index contributed by atoms with van der Waals surface area (Å²) in [6.07, 6.45) is 3.82. The van der Waals surface area contributed by atoms with Crippen LogP contribution in [-0.2, 0) is 19.2 Å². The largest absolute Gasteiger partial charge is 0.481 e. The summed E-state index contributed by atoms with van der Waals surface area (Å²) in [4.78, 5) is 50.7. The van der Waals surface area contributed by atoms with Crippen LogP contribution in [0.15, 0.2) is 0 Å². The van der Waals surface area contributed by atoms with Gasteiger partial charge in [0.15, 0.2) is 0 Å². The molecule has 0 saturated heterocycles. The van der Waals surface area contributed by atoms with Crippen molar-refractivity contribution in [3.8, 4) is 0 Å². The lowest BCUT2D eigenvalue weighted by atomic mass is 9.74. The van der Waals surface area contributed by atoms with Gasteiger partial charge in [-0.05, 0) is 83.0 Å². The molecule has 0 bridgehead atoms. The molecular weight excluding hydrogens is 532 g/mol. The van der Waals surface area contributed by atoms with Crippen molar-refractivity contribution < 1.29 is 28.8 Å². The zero-order valence-electron chi connectivity index (χ0n) is 28.5. The van der Waals surface area contributed by atoms with Crippen molar-refractivity contribution in [2.24, 2.45) is 46.7 Å². The van der Waals surface area contributed by atoms with Gasteiger partial charge in [-0.15, -0.1) is 0 Å². The number of quaternary nitrogens is 1. The van der Waals surface area contributed by atoms with Crippen LogP contribution in [0.1, 0.15) is 107 Å². The van der Waals surface area contributed by atoms with Crippen LogP contribution in [0.2, 0.25) is 0 Å². The SMILES string of the molecule is CCC(CC(C(=O)O)C1CC(NC(C)=O)CC1CC(CC(C)C[N+](C)(C)CC)C(=O)NC(C)(C)CC(C)(C)C)C(N)=O. The summed E-state index contributed by atoms with van der Waals surface area (Å²) < 4.78 is 0.855. The molecule has 7 atom stereocenters. The Morgan fingerprint density at radius 3 is 2.05 bits per heavy atom. The van der Waals surface area contributed by atoms with E-state index in [-0.39, 0.29) is 53.4 Å². The number of carboxylic acid groups (broad SMARTS) is 1. The van der Waals surface area contributed by atoms with Gasteiger partial charge in [0, 0.05) is 36.3 Å². The van der Waals surface area contributed by atoms with Gasteiger partial charge in [0.05, 0.1) is 33.1 Å². The molecule has 1 aliphatic rings. The summed E-state index contributed by atoms with van der Waals surface area (Å²) in [6.45, 7) is 20.2. The Hall–Kier alpha value is -2.16. The first-order valence-electron chi connectivity index (χ1n) is 16.0. The molecule has 5 N–H and O–H groups in total. The molecule has 7 unspecified atom stereocenters. The monoisotopic (exact) mass is 595 g/mol. The van der Waals surface area contributed by atoms with Crippen LogP contribution in [0.25, 0.3) is 0 Å². The van der Waals surface area contributed by atoms with E-state index < -0.39 is 29.3 Å². The average Bonchev–Trinajstić information content (AvgIpc) is 3.17. The molecule has 0 aromatic carbocycles. The van der Waals surface area contributed by atoms with E-state index in [2.05, 4.69) is 73.2 Å². The normalized spacial score (nSPS) is 22.6. The van der Waals surface area contributed by atoms with Crippen molar-refractivity contribution in [1.29, 1.82) is 0 Å². The van der Waals surface area contributed by atoms with Gasteiger partial charge in [-0.1, -0.05) is 34.6 Å². The van der Waals surface area contributed by atoms with Gasteiger partial charge in [0.1, 0.15) is 0 Å². The zero-order valence-corrected chi connectivity index (χ0v) is 28.5. The highest BCUT2D eigenvalue weighted by atomic mass is 16.4. The number of rotatable bonds is 17. The standard InChI is InChI=1S/C33H62N4O5/c1-12-23(29(34)39)17-28(31(41)42)27-18-26(35-22(4)38)16-24(27)15-25(14-21(3)19-37(10,11)13-2)30(40)36-33(8,9)20-32(5,6)7/h21,23-28H,12-20H2,1-11H3,(H4-,34,35,36,38,39,40,41,42)/p+1. The van der Waals surface area contributed by atoms with Gasteiger partial charge in [-0.2, -0.15) is 0 Å². The van der Waals surface area contributed by atoms with Crippen molar-refractivity contribution in [3.05, 3.63) is 0 Å². The first-order valence-corrected chi connectivity index (χ1v) is 16.0. The van der Waals surface area contributed by atoms with Crippen molar-refractivity contribution >= 4 is 23.7 Å². The van der Waals surface area contributed by atoms with Gasteiger partial charge < -0.3 is 26.0 Å². The van der Waals surface area contributed by atoms with Crippen molar-refractivity contribution in [1.82, 2.24) is 10.6 Å². The molecule has 0 spiro atoms. The lowest BCUT2D eigenvalue weighted by Gasteiger charge is -2.37. The number of primary amides is 1. The van der Waals surface area contributed by atoms with E-state index in [4.69, 9.17) is 5.73 Å². The van der Waals surface area contributed by atoms with Crippen molar-refractivity contribution in [3.63, 3.8) is 0 Å². The second-order valence-electron chi connectivity index (χ2n) is 15.8. The molecular formula is C33H63N4O5+. The van der Waals surface area contributed by atoms with Gasteiger partial charge in [-0.25, -0.2) is 0 Å². The number of amides is 3. The molecule has 9 nitrogen and oxygen atoms in total. The van der Waals surface area contributed by atoms with Gasteiger partial charge in [0.2, 0.25) is 17.7 Å². The smallest absolute Gasteiger partial charge is 0.306 e. The second kappa shape index (κ2) is 15.5. The van der Waals surface area contributed by atoms with E-state index >= 15 is 0 Å². The Morgan fingerprint density at radius 1 is 1.00 bits per heavy atom. The molecule has 0 heterocycles. The molecule has 42 heavy (non-hydrogen) atoms. The number of carboxylic acids is 1. The van der Waals surface area contributed by atoms with E-state index in [1.54, 1.807) is 0 Å². The number of nitrogens with one attached hydrogen (secondary N) is 2.